The summed E-state index contributed by atoms with van der Waals surface area (Å²) < 4.78 is 36.2. The second-order valence-corrected chi connectivity index (χ2v) is 7.87. The Bertz CT molecular complexity index is 380. The van der Waals surface area contributed by atoms with Gasteiger partial charge < -0.3 is 0 Å². The number of halogens is 3. The molecule has 0 aromatic heterocycles. The van der Waals surface area contributed by atoms with Crippen LogP contribution in [0, 0.1) is 23.7 Å². The predicted octanol–water partition coefficient (Wildman–Crippen LogP) is 7.46. The van der Waals surface area contributed by atoms with Crippen molar-refractivity contribution in [1.29, 1.82) is 0 Å². The summed E-state index contributed by atoms with van der Waals surface area (Å²) in [6.07, 6.45) is 14.2. The molecule has 0 heterocycles. The van der Waals surface area contributed by atoms with E-state index >= 15 is 0 Å². The van der Waals surface area contributed by atoms with Crippen molar-refractivity contribution >= 4 is 0 Å². The van der Waals surface area contributed by atoms with Gasteiger partial charge in [0, 0.05) is 6.42 Å². The Labute approximate surface area is 145 Å². The highest BCUT2D eigenvalue weighted by atomic mass is 19.4. The number of alkyl halides is 3. The molecule has 2 aliphatic carbocycles. The van der Waals surface area contributed by atoms with Gasteiger partial charge in [0.2, 0.25) is 0 Å². The van der Waals surface area contributed by atoms with Crippen LogP contribution < -0.4 is 0 Å². The summed E-state index contributed by atoms with van der Waals surface area (Å²) in [5.41, 5.74) is 0. The second kappa shape index (κ2) is 9.68. The average molecular weight is 342 g/mol. The third kappa shape index (κ3) is 7.03. The Morgan fingerprint density at radius 1 is 0.792 bits per heavy atom. The van der Waals surface area contributed by atoms with Gasteiger partial charge in [0.1, 0.15) is 0 Å². The van der Waals surface area contributed by atoms with E-state index in [1.165, 1.54) is 51.4 Å². The normalized spacial score (nSPS) is 32.1. The van der Waals surface area contributed by atoms with Crippen LogP contribution in [0.25, 0.3) is 0 Å². The Balaban J connectivity index is 1.57. The van der Waals surface area contributed by atoms with Crippen molar-refractivity contribution in [3.63, 3.8) is 0 Å². The molecule has 0 nitrogen and oxygen atoms in total. The molecule has 0 aliphatic heterocycles. The van der Waals surface area contributed by atoms with Crippen molar-refractivity contribution in [3.8, 4) is 0 Å². The first-order chi connectivity index (χ1) is 11.5. The van der Waals surface area contributed by atoms with Gasteiger partial charge >= 0.3 is 6.18 Å². The van der Waals surface area contributed by atoms with Gasteiger partial charge in [0.25, 0.3) is 0 Å². The molecule has 3 heteroatoms. The van der Waals surface area contributed by atoms with E-state index in [2.05, 4.69) is 24.8 Å². The number of rotatable bonds is 7. The van der Waals surface area contributed by atoms with Crippen molar-refractivity contribution in [2.45, 2.75) is 83.2 Å². The SMILES string of the molecule is C=CC1CCC(C2CCC(/C=C/CCCCC(F)(F)F)CC2)CC1. The fraction of sp³-hybridized carbons (Fsp3) is 0.810. The highest BCUT2D eigenvalue weighted by Crippen LogP contribution is 2.41. The molecule has 0 saturated heterocycles. The molecular weight excluding hydrogens is 309 g/mol. The van der Waals surface area contributed by atoms with Crippen LogP contribution in [-0.2, 0) is 0 Å². The van der Waals surface area contributed by atoms with Gasteiger partial charge in [-0.25, -0.2) is 0 Å². The first-order valence-corrected chi connectivity index (χ1v) is 9.84. The van der Waals surface area contributed by atoms with E-state index in [1.807, 2.05) is 0 Å². The van der Waals surface area contributed by atoms with Gasteiger partial charge in [0.15, 0.2) is 0 Å². The summed E-state index contributed by atoms with van der Waals surface area (Å²) in [6.45, 7) is 3.93. The van der Waals surface area contributed by atoms with E-state index in [9.17, 15) is 13.2 Å². The average Bonchev–Trinajstić information content (AvgIpc) is 2.58. The van der Waals surface area contributed by atoms with Crippen molar-refractivity contribution in [1.82, 2.24) is 0 Å². The van der Waals surface area contributed by atoms with Gasteiger partial charge in [-0.05, 0) is 94.3 Å². The van der Waals surface area contributed by atoms with Gasteiger partial charge in [-0.3, -0.25) is 0 Å². The minimum absolute atomic E-state index is 0.258. The molecule has 2 saturated carbocycles. The summed E-state index contributed by atoms with van der Waals surface area (Å²) >= 11 is 0. The maximum atomic E-state index is 12.1. The van der Waals surface area contributed by atoms with Crippen molar-refractivity contribution in [3.05, 3.63) is 24.8 Å². The molecule has 2 rings (SSSR count). The highest BCUT2D eigenvalue weighted by molar-refractivity contribution is 4.93. The molecule has 0 radical (unpaired) electrons. The molecule has 0 aromatic rings. The monoisotopic (exact) mass is 342 g/mol. The van der Waals surface area contributed by atoms with Crippen LogP contribution in [0.4, 0.5) is 13.2 Å². The number of hydrogen-bond donors (Lipinski definition) is 0. The summed E-state index contributed by atoms with van der Waals surface area (Å²) in [4.78, 5) is 0. The Kier molecular flexibility index (Phi) is 7.90. The van der Waals surface area contributed by atoms with Crippen molar-refractivity contribution in [2.75, 3.05) is 0 Å². The van der Waals surface area contributed by atoms with Crippen LogP contribution >= 0.6 is 0 Å². The topological polar surface area (TPSA) is 0 Å². The maximum Gasteiger partial charge on any atom is 0.389 e. The molecule has 0 aromatic carbocycles. The van der Waals surface area contributed by atoms with Crippen LogP contribution in [0.5, 0.6) is 0 Å². The maximum absolute atomic E-state index is 12.1. The first kappa shape index (κ1) is 19.6. The fourth-order valence-electron chi connectivity index (χ4n) is 4.54. The van der Waals surface area contributed by atoms with E-state index in [1.54, 1.807) is 0 Å². The molecule has 24 heavy (non-hydrogen) atoms. The molecule has 0 N–H and O–H groups in total. The molecule has 2 fully saturated rings. The van der Waals surface area contributed by atoms with Crippen LogP contribution in [0.3, 0.4) is 0 Å². The Hall–Kier alpha value is -0.730. The summed E-state index contributed by atoms with van der Waals surface area (Å²) in [7, 11) is 0. The van der Waals surface area contributed by atoms with Gasteiger partial charge in [-0.15, -0.1) is 6.58 Å². The smallest absolute Gasteiger partial charge is 0.171 e. The van der Waals surface area contributed by atoms with Crippen LogP contribution in [-0.4, -0.2) is 6.18 Å². The lowest BCUT2D eigenvalue weighted by atomic mass is 9.69. The molecule has 0 spiro atoms. The number of unbranched alkanes of at least 4 members (excludes halogenated alkanes) is 2. The summed E-state index contributed by atoms with van der Waals surface area (Å²) in [5.74, 6) is 3.24. The molecule has 138 valence electrons. The molecule has 0 unspecified atom stereocenters. The zero-order valence-electron chi connectivity index (χ0n) is 14.9. The van der Waals surface area contributed by atoms with Crippen molar-refractivity contribution < 1.29 is 13.2 Å². The van der Waals surface area contributed by atoms with E-state index < -0.39 is 12.6 Å². The van der Waals surface area contributed by atoms with E-state index in [-0.39, 0.29) is 6.42 Å². The van der Waals surface area contributed by atoms with E-state index in [4.69, 9.17) is 0 Å². The van der Waals surface area contributed by atoms with Crippen molar-refractivity contribution in [2.24, 2.45) is 23.7 Å². The lowest BCUT2D eigenvalue weighted by Gasteiger charge is -2.36. The van der Waals surface area contributed by atoms with E-state index in [0.29, 0.717) is 12.3 Å². The predicted molar refractivity (Wildman–Crippen MR) is 94.8 cm³/mol. The zero-order valence-corrected chi connectivity index (χ0v) is 14.9. The molecule has 0 amide bonds. The minimum atomic E-state index is -3.99. The van der Waals surface area contributed by atoms with Gasteiger partial charge in [-0.1, -0.05) is 18.2 Å². The molecule has 0 atom stereocenters. The lowest BCUT2D eigenvalue weighted by Crippen LogP contribution is -2.25. The van der Waals surface area contributed by atoms with Crippen LogP contribution in [0.15, 0.2) is 24.8 Å². The third-order valence-electron chi connectivity index (χ3n) is 6.12. The fourth-order valence-corrected chi connectivity index (χ4v) is 4.54. The summed E-state index contributed by atoms with van der Waals surface area (Å²) in [5, 5.41) is 0. The quantitative estimate of drug-likeness (QED) is 0.332. The largest absolute Gasteiger partial charge is 0.389 e. The van der Waals surface area contributed by atoms with E-state index in [0.717, 1.165) is 24.2 Å². The molecule has 0 bridgehead atoms. The van der Waals surface area contributed by atoms with Crippen LogP contribution in [0.1, 0.15) is 77.0 Å². The Morgan fingerprint density at radius 3 is 1.83 bits per heavy atom. The van der Waals surface area contributed by atoms with Gasteiger partial charge in [-0.2, -0.15) is 13.2 Å². The van der Waals surface area contributed by atoms with Gasteiger partial charge in [0.05, 0.1) is 0 Å². The van der Waals surface area contributed by atoms with Crippen LogP contribution in [0.2, 0.25) is 0 Å². The number of allylic oxidation sites excluding steroid dienone is 3. The summed E-state index contributed by atoms with van der Waals surface area (Å²) in [6, 6.07) is 0. The number of hydrogen-bond acceptors (Lipinski definition) is 0. The second-order valence-electron chi connectivity index (χ2n) is 7.87. The first-order valence-electron chi connectivity index (χ1n) is 9.84. The lowest BCUT2D eigenvalue weighted by molar-refractivity contribution is -0.135. The highest BCUT2D eigenvalue weighted by Gasteiger charge is 2.29. The Morgan fingerprint density at radius 2 is 1.33 bits per heavy atom. The standard InChI is InChI=1S/C21H33F3/c1-2-17-8-12-19(13-9-17)20-14-10-18(11-15-20)7-5-3-4-6-16-21(22,23)24/h2,5,7,17-20H,1,3-4,6,8-16H2/b7-5+. The third-order valence-corrected chi connectivity index (χ3v) is 6.12. The zero-order chi connectivity index (χ0) is 17.4. The molecular formula is C21H33F3. The molecule has 2 aliphatic rings. The minimum Gasteiger partial charge on any atom is -0.171 e.